The minimum Gasteiger partial charge on any atom is -0.465 e. The Balaban J connectivity index is 1.92. The standard InChI is InChI=1S/C17H15ClN4O2S/c18-14-3-1-2-4-15(14)22-16(25-13-6-8-19-9-7-13)11-12(21-22)5-10-20-17(23)24/h1-4,6-9,11,20H,5,10H2,(H,23,24). The molecule has 0 saturated heterocycles. The number of benzene rings is 1. The van der Waals surface area contributed by atoms with Crippen molar-refractivity contribution >= 4 is 29.5 Å². The third-order valence-electron chi connectivity index (χ3n) is 3.34. The van der Waals surface area contributed by atoms with Crippen LogP contribution in [0.5, 0.6) is 0 Å². The quantitative estimate of drug-likeness (QED) is 0.684. The summed E-state index contributed by atoms with van der Waals surface area (Å²) in [6.07, 6.45) is 2.91. The van der Waals surface area contributed by atoms with E-state index < -0.39 is 6.09 Å². The maximum atomic E-state index is 10.6. The average Bonchev–Trinajstić information content (AvgIpc) is 2.98. The molecule has 128 valence electrons. The van der Waals surface area contributed by atoms with Crippen LogP contribution >= 0.6 is 23.4 Å². The Labute approximate surface area is 153 Å². The maximum Gasteiger partial charge on any atom is 0.404 e. The zero-order valence-electron chi connectivity index (χ0n) is 13.1. The van der Waals surface area contributed by atoms with E-state index in [9.17, 15) is 4.79 Å². The number of nitrogens with one attached hydrogen (secondary N) is 1. The molecule has 0 radical (unpaired) electrons. The van der Waals surface area contributed by atoms with Crippen molar-refractivity contribution in [2.45, 2.75) is 16.3 Å². The highest BCUT2D eigenvalue weighted by atomic mass is 35.5. The molecule has 0 unspecified atom stereocenters. The van der Waals surface area contributed by atoms with Crippen molar-refractivity contribution in [3.8, 4) is 5.69 Å². The van der Waals surface area contributed by atoms with Crippen molar-refractivity contribution in [2.75, 3.05) is 6.54 Å². The molecule has 0 aliphatic carbocycles. The molecular weight excluding hydrogens is 360 g/mol. The van der Waals surface area contributed by atoms with Gasteiger partial charge >= 0.3 is 6.09 Å². The average molecular weight is 375 g/mol. The van der Waals surface area contributed by atoms with Crippen LogP contribution < -0.4 is 5.32 Å². The first-order valence-electron chi connectivity index (χ1n) is 7.52. The van der Waals surface area contributed by atoms with Crippen LogP contribution in [0.4, 0.5) is 4.79 Å². The number of aromatic nitrogens is 3. The number of pyridine rings is 1. The second-order valence-electron chi connectivity index (χ2n) is 5.10. The van der Waals surface area contributed by atoms with E-state index in [-0.39, 0.29) is 0 Å². The topological polar surface area (TPSA) is 80.0 Å². The van der Waals surface area contributed by atoms with Gasteiger partial charge in [0.05, 0.1) is 16.4 Å². The fraction of sp³-hybridized carbons (Fsp3) is 0.118. The van der Waals surface area contributed by atoms with Crippen molar-refractivity contribution < 1.29 is 9.90 Å². The molecule has 2 heterocycles. The SMILES string of the molecule is O=C(O)NCCc1cc(Sc2ccncc2)n(-c2ccccc2Cl)n1. The van der Waals surface area contributed by atoms with Gasteiger partial charge in [-0.1, -0.05) is 35.5 Å². The van der Waals surface area contributed by atoms with Crippen LogP contribution in [0.3, 0.4) is 0 Å². The number of rotatable bonds is 6. The molecule has 0 spiro atoms. The molecule has 1 amide bonds. The summed E-state index contributed by atoms with van der Waals surface area (Å²) < 4.78 is 1.78. The van der Waals surface area contributed by atoms with Gasteiger partial charge in [0.1, 0.15) is 5.03 Å². The number of amides is 1. The van der Waals surface area contributed by atoms with E-state index >= 15 is 0 Å². The minimum absolute atomic E-state index is 0.300. The van der Waals surface area contributed by atoms with Gasteiger partial charge in [-0.15, -0.1) is 0 Å². The summed E-state index contributed by atoms with van der Waals surface area (Å²) in [6, 6.07) is 13.2. The zero-order chi connectivity index (χ0) is 17.6. The smallest absolute Gasteiger partial charge is 0.404 e. The summed E-state index contributed by atoms with van der Waals surface area (Å²) in [6.45, 7) is 0.300. The van der Waals surface area contributed by atoms with Crippen LogP contribution in [0.2, 0.25) is 5.02 Å². The predicted molar refractivity (Wildman–Crippen MR) is 96.7 cm³/mol. The van der Waals surface area contributed by atoms with Gasteiger partial charge in [0.2, 0.25) is 0 Å². The number of carbonyl (C=O) groups is 1. The first-order valence-corrected chi connectivity index (χ1v) is 8.71. The molecule has 0 aliphatic rings. The van der Waals surface area contributed by atoms with Gasteiger partial charge in [0.25, 0.3) is 0 Å². The fourth-order valence-electron chi connectivity index (χ4n) is 2.23. The number of carboxylic acid groups (broad SMARTS) is 1. The predicted octanol–water partition coefficient (Wildman–Crippen LogP) is 3.88. The largest absolute Gasteiger partial charge is 0.465 e. The van der Waals surface area contributed by atoms with Crippen molar-refractivity contribution in [3.05, 3.63) is 65.6 Å². The van der Waals surface area contributed by atoms with Crippen LogP contribution in [0.1, 0.15) is 5.69 Å². The minimum atomic E-state index is -1.04. The summed E-state index contributed by atoms with van der Waals surface area (Å²) in [5.41, 5.74) is 1.56. The molecule has 0 bridgehead atoms. The van der Waals surface area contributed by atoms with Crippen LogP contribution in [0, 0.1) is 0 Å². The molecule has 0 fully saturated rings. The first-order chi connectivity index (χ1) is 12.1. The number of hydrogen-bond donors (Lipinski definition) is 2. The molecular formula is C17H15ClN4O2S. The van der Waals surface area contributed by atoms with Crippen molar-refractivity contribution in [3.63, 3.8) is 0 Å². The molecule has 3 aromatic rings. The highest BCUT2D eigenvalue weighted by Gasteiger charge is 2.13. The van der Waals surface area contributed by atoms with Gasteiger partial charge < -0.3 is 10.4 Å². The molecule has 1 aromatic carbocycles. The van der Waals surface area contributed by atoms with Gasteiger partial charge in [0, 0.05) is 30.3 Å². The molecule has 2 aromatic heterocycles. The Morgan fingerprint density at radius 3 is 2.72 bits per heavy atom. The molecule has 25 heavy (non-hydrogen) atoms. The normalized spacial score (nSPS) is 10.6. The Kier molecular flexibility index (Phi) is 5.57. The van der Waals surface area contributed by atoms with E-state index in [0.29, 0.717) is 18.0 Å². The summed E-state index contributed by atoms with van der Waals surface area (Å²) in [5, 5.41) is 17.1. The number of para-hydroxylation sites is 1. The molecule has 8 heteroatoms. The van der Waals surface area contributed by atoms with E-state index in [1.54, 1.807) is 28.8 Å². The molecule has 6 nitrogen and oxygen atoms in total. The Morgan fingerprint density at radius 2 is 2.00 bits per heavy atom. The lowest BCUT2D eigenvalue weighted by Gasteiger charge is -2.08. The van der Waals surface area contributed by atoms with Crippen molar-refractivity contribution in [2.24, 2.45) is 0 Å². The fourth-order valence-corrected chi connectivity index (χ4v) is 3.36. The third kappa shape index (κ3) is 4.52. The van der Waals surface area contributed by atoms with Gasteiger partial charge in [-0.3, -0.25) is 4.98 Å². The summed E-state index contributed by atoms with van der Waals surface area (Å²) in [5.74, 6) is 0. The van der Waals surface area contributed by atoms with Gasteiger partial charge in [-0.25, -0.2) is 9.48 Å². The molecule has 3 rings (SSSR count). The van der Waals surface area contributed by atoms with Crippen LogP contribution in [-0.2, 0) is 6.42 Å². The summed E-state index contributed by atoms with van der Waals surface area (Å²) in [7, 11) is 0. The molecule has 0 atom stereocenters. The van der Waals surface area contributed by atoms with E-state index in [2.05, 4.69) is 15.4 Å². The monoisotopic (exact) mass is 374 g/mol. The number of nitrogens with zero attached hydrogens (tertiary/aromatic N) is 3. The van der Waals surface area contributed by atoms with Gasteiger partial charge in [0.15, 0.2) is 0 Å². The van der Waals surface area contributed by atoms with Crippen LogP contribution in [0.25, 0.3) is 5.69 Å². The Bertz CT molecular complexity index is 870. The summed E-state index contributed by atoms with van der Waals surface area (Å²) >= 11 is 7.86. The Morgan fingerprint density at radius 1 is 1.24 bits per heavy atom. The summed E-state index contributed by atoms with van der Waals surface area (Å²) in [4.78, 5) is 15.7. The van der Waals surface area contributed by atoms with E-state index in [1.807, 2.05) is 42.5 Å². The van der Waals surface area contributed by atoms with Gasteiger partial charge in [-0.05, 0) is 30.3 Å². The lowest BCUT2D eigenvalue weighted by Crippen LogP contribution is -2.23. The number of halogens is 1. The molecule has 0 aliphatic heterocycles. The molecule has 0 saturated carbocycles. The van der Waals surface area contributed by atoms with Crippen LogP contribution in [-0.4, -0.2) is 32.5 Å². The Hall–Kier alpha value is -2.51. The van der Waals surface area contributed by atoms with E-state index in [1.165, 1.54) is 0 Å². The second-order valence-corrected chi connectivity index (χ2v) is 6.61. The zero-order valence-corrected chi connectivity index (χ0v) is 14.7. The highest BCUT2D eigenvalue weighted by Crippen LogP contribution is 2.31. The number of hydrogen-bond acceptors (Lipinski definition) is 4. The highest BCUT2D eigenvalue weighted by molar-refractivity contribution is 7.99. The van der Waals surface area contributed by atoms with Crippen molar-refractivity contribution in [1.29, 1.82) is 0 Å². The van der Waals surface area contributed by atoms with Gasteiger partial charge in [-0.2, -0.15) is 5.10 Å². The first kappa shape index (κ1) is 17.3. The van der Waals surface area contributed by atoms with E-state index in [0.717, 1.165) is 21.3 Å². The van der Waals surface area contributed by atoms with E-state index in [4.69, 9.17) is 16.7 Å². The lowest BCUT2D eigenvalue weighted by molar-refractivity contribution is 0.194. The van der Waals surface area contributed by atoms with Crippen LogP contribution in [0.15, 0.2) is 64.8 Å². The second kappa shape index (κ2) is 8.04. The molecule has 2 N–H and O–H groups in total. The lowest BCUT2D eigenvalue weighted by atomic mass is 10.3. The van der Waals surface area contributed by atoms with Crippen molar-refractivity contribution in [1.82, 2.24) is 20.1 Å². The maximum absolute atomic E-state index is 10.6. The third-order valence-corrected chi connectivity index (χ3v) is 4.66.